The van der Waals surface area contributed by atoms with Crippen LogP contribution in [0.2, 0.25) is 0 Å². The molecule has 0 rings (SSSR count). The first-order valence-corrected chi connectivity index (χ1v) is 26.6. The minimum absolute atomic E-state index is 0.0645. The lowest BCUT2D eigenvalue weighted by molar-refractivity contribution is -0.167. The first-order valence-electron chi connectivity index (χ1n) is 26.6. The van der Waals surface area contributed by atoms with Crippen molar-refractivity contribution in [3.8, 4) is 0 Å². The van der Waals surface area contributed by atoms with E-state index in [0.717, 1.165) is 75.5 Å². The lowest BCUT2D eigenvalue weighted by Gasteiger charge is -2.18. The molecular weight excluding hydrogens is 745 g/mol. The molecule has 0 spiro atoms. The average molecular weight is 849 g/mol. The van der Waals surface area contributed by atoms with E-state index >= 15 is 0 Å². The Labute approximate surface area is 374 Å². The summed E-state index contributed by atoms with van der Waals surface area (Å²) in [5, 5.41) is 0. The van der Waals surface area contributed by atoms with Crippen LogP contribution in [0.5, 0.6) is 0 Å². The molecule has 0 aromatic rings. The Hall–Kier alpha value is -1.59. The normalized spacial score (nSPS) is 12.6. The number of rotatable bonds is 47. The molecule has 0 radical (unpaired) electrons. The van der Waals surface area contributed by atoms with Crippen molar-refractivity contribution in [2.45, 2.75) is 298 Å². The molecule has 60 heavy (non-hydrogen) atoms. The zero-order valence-corrected chi connectivity index (χ0v) is 41.3. The smallest absolute Gasteiger partial charge is 0.306 e. The van der Waals surface area contributed by atoms with Crippen molar-refractivity contribution in [3.05, 3.63) is 0 Å². The third kappa shape index (κ3) is 45.9. The molecule has 6 heteroatoms. The summed E-state index contributed by atoms with van der Waals surface area (Å²) in [5.41, 5.74) is 0. The summed E-state index contributed by atoms with van der Waals surface area (Å²) in [6.07, 6.45) is 45.1. The molecular formula is C54H104O6. The number of unbranched alkanes of at least 4 members (excludes halogenated alkanes) is 29. The molecule has 0 fully saturated rings. The summed E-state index contributed by atoms with van der Waals surface area (Å²) < 4.78 is 16.8. The fourth-order valence-electron chi connectivity index (χ4n) is 8.08. The van der Waals surface area contributed by atoms with Crippen LogP contribution in [-0.4, -0.2) is 37.2 Å². The van der Waals surface area contributed by atoms with Gasteiger partial charge in [-0.05, 0) is 37.0 Å². The van der Waals surface area contributed by atoms with Crippen molar-refractivity contribution in [1.29, 1.82) is 0 Å². The maximum atomic E-state index is 12.8. The van der Waals surface area contributed by atoms with Gasteiger partial charge in [0.25, 0.3) is 0 Å². The van der Waals surface area contributed by atoms with Crippen LogP contribution >= 0.6 is 0 Å². The molecule has 0 amide bonds. The molecule has 6 nitrogen and oxygen atoms in total. The second-order valence-corrected chi connectivity index (χ2v) is 19.7. The van der Waals surface area contributed by atoms with Gasteiger partial charge in [0, 0.05) is 19.3 Å². The van der Waals surface area contributed by atoms with Gasteiger partial charge in [-0.25, -0.2) is 0 Å². The lowest BCUT2D eigenvalue weighted by atomic mass is 9.99. The largest absolute Gasteiger partial charge is 0.462 e. The molecule has 0 aromatic heterocycles. The summed E-state index contributed by atoms with van der Waals surface area (Å²) in [4.78, 5) is 38.0. The van der Waals surface area contributed by atoms with Gasteiger partial charge in [-0.2, -0.15) is 0 Å². The first-order chi connectivity index (χ1) is 29.1. The van der Waals surface area contributed by atoms with Gasteiger partial charge in [0.05, 0.1) is 0 Å². The van der Waals surface area contributed by atoms with Gasteiger partial charge in [-0.3, -0.25) is 14.4 Å². The Morgan fingerprint density at radius 2 is 0.583 bits per heavy atom. The SMILES string of the molecule is CCC(C)CCCCCCCCCCCCC(=O)O[C@@H](COC(=O)CCCCCCCCCCCCCCC(C)C)COC(=O)CCCCCCCCCCCCC(C)C. The van der Waals surface area contributed by atoms with Gasteiger partial charge < -0.3 is 14.2 Å². The second kappa shape index (κ2) is 45.4. The number of ether oxygens (including phenoxy) is 3. The van der Waals surface area contributed by atoms with Gasteiger partial charge >= 0.3 is 17.9 Å². The van der Waals surface area contributed by atoms with Crippen LogP contribution in [-0.2, 0) is 28.6 Å². The highest BCUT2D eigenvalue weighted by Gasteiger charge is 2.19. The highest BCUT2D eigenvalue weighted by atomic mass is 16.6. The van der Waals surface area contributed by atoms with E-state index in [1.807, 2.05) is 0 Å². The monoisotopic (exact) mass is 849 g/mol. The van der Waals surface area contributed by atoms with Crippen molar-refractivity contribution in [2.75, 3.05) is 13.2 Å². The van der Waals surface area contributed by atoms with Crippen molar-refractivity contribution in [1.82, 2.24) is 0 Å². The maximum Gasteiger partial charge on any atom is 0.306 e. The van der Waals surface area contributed by atoms with Gasteiger partial charge in [-0.15, -0.1) is 0 Å². The molecule has 2 atom stereocenters. The van der Waals surface area contributed by atoms with Crippen LogP contribution in [0.3, 0.4) is 0 Å². The predicted octanol–water partition coefficient (Wildman–Crippen LogP) is 17.2. The van der Waals surface area contributed by atoms with Crippen LogP contribution < -0.4 is 0 Å². The van der Waals surface area contributed by atoms with Crippen LogP contribution in [0.25, 0.3) is 0 Å². The minimum atomic E-state index is -0.763. The fourth-order valence-corrected chi connectivity index (χ4v) is 8.08. The summed E-state index contributed by atoms with van der Waals surface area (Å²) in [7, 11) is 0. The van der Waals surface area contributed by atoms with Gasteiger partial charge in [-0.1, -0.05) is 253 Å². The van der Waals surface area contributed by atoms with E-state index in [4.69, 9.17) is 14.2 Å². The first kappa shape index (κ1) is 58.4. The highest BCUT2D eigenvalue weighted by Crippen LogP contribution is 2.18. The van der Waals surface area contributed by atoms with E-state index in [0.29, 0.717) is 19.3 Å². The van der Waals surface area contributed by atoms with Crippen molar-refractivity contribution < 1.29 is 28.6 Å². The molecule has 1 unspecified atom stereocenters. The summed E-state index contributed by atoms with van der Waals surface area (Å²) >= 11 is 0. The zero-order valence-electron chi connectivity index (χ0n) is 41.3. The van der Waals surface area contributed by atoms with Crippen LogP contribution in [0.4, 0.5) is 0 Å². The molecule has 0 aliphatic heterocycles. The Kier molecular flexibility index (Phi) is 44.2. The summed E-state index contributed by atoms with van der Waals surface area (Å²) in [5.74, 6) is 1.67. The lowest BCUT2D eigenvalue weighted by Crippen LogP contribution is -2.30. The van der Waals surface area contributed by atoms with E-state index in [2.05, 4.69) is 41.5 Å². The standard InChI is InChI=1S/C54H104O6/c1-7-50(6)42-36-30-24-18-13-15-21-27-33-39-45-54(57)60-51(47-59-53(56)44-38-32-26-20-14-12-17-23-29-35-41-49(4)5)46-58-52(55)43-37-31-25-19-11-9-8-10-16-22-28-34-40-48(2)3/h48-51H,7-47H2,1-6H3/t50?,51-/m0/s1. The summed E-state index contributed by atoms with van der Waals surface area (Å²) in [6, 6.07) is 0. The van der Waals surface area contributed by atoms with E-state index < -0.39 is 6.10 Å². The van der Waals surface area contributed by atoms with Gasteiger partial charge in [0.15, 0.2) is 6.10 Å². The quantitative estimate of drug-likeness (QED) is 0.0345. The molecule has 0 bridgehead atoms. The Bertz CT molecular complexity index is 931. The van der Waals surface area contributed by atoms with E-state index in [1.54, 1.807) is 0 Å². The molecule has 0 aromatic carbocycles. The molecule has 0 saturated carbocycles. The minimum Gasteiger partial charge on any atom is -0.462 e. The highest BCUT2D eigenvalue weighted by molar-refractivity contribution is 5.71. The number of carbonyl (C=O) groups excluding carboxylic acids is 3. The van der Waals surface area contributed by atoms with E-state index in [1.165, 1.54) is 173 Å². The Balaban J connectivity index is 4.33. The Morgan fingerprint density at radius 3 is 0.867 bits per heavy atom. The zero-order chi connectivity index (χ0) is 44.2. The number of hydrogen-bond acceptors (Lipinski definition) is 6. The molecule has 0 heterocycles. The van der Waals surface area contributed by atoms with Crippen molar-refractivity contribution in [3.63, 3.8) is 0 Å². The topological polar surface area (TPSA) is 78.9 Å². The van der Waals surface area contributed by atoms with E-state index in [9.17, 15) is 14.4 Å². The van der Waals surface area contributed by atoms with Gasteiger partial charge in [0.1, 0.15) is 13.2 Å². The Morgan fingerprint density at radius 1 is 0.333 bits per heavy atom. The molecule has 0 N–H and O–H groups in total. The third-order valence-corrected chi connectivity index (χ3v) is 12.5. The summed E-state index contributed by atoms with van der Waals surface area (Å²) in [6.45, 7) is 13.7. The second-order valence-electron chi connectivity index (χ2n) is 19.7. The molecule has 0 aliphatic rings. The van der Waals surface area contributed by atoms with Crippen LogP contribution in [0, 0.1) is 17.8 Å². The van der Waals surface area contributed by atoms with Crippen LogP contribution in [0.15, 0.2) is 0 Å². The van der Waals surface area contributed by atoms with E-state index in [-0.39, 0.29) is 31.1 Å². The number of carbonyl (C=O) groups is 3. The third-order valence-electron chi connectivity index (χ3n) is 12.5. The number of esters is 3. The van der Waals surface area contributed by atoms with Crippen LogP contribution in [0.1, 0.15) is 292 Å². The fraction of sp³-hybridized carbons (Fsp3) is 0.944. The molecule has 0 saturated heterocycles. The number of hydrogen-bond donors (Lipinski definition) is 0. The van der Waals surface area contributed by atoms with Gasteiger partial charge in [0.2, 0.25) is 0 Å². The van der Waals surface area contributed by atoms with Crippen molar-refractivity contribution in [2.24, 2.45) is 17.8 Å². The average Bonchev–Trinajstić information content (AvgIpc) is 3.22. The molecule has 356 valence electrons. The molecule has 0 aliphatic carbocycles. The van der Waals surface area contributed by atoms with Crippen molar-refractivity contribution >= 4 is 17.9 Å². The predicted molar refractivity (Wildman–Crippen MR) is 256 cm³/mol. The maximum absolute atomic E-state index is 12.8.